The molecule has 2 aromatic carbocycles. The van der Waals surface area contributed by atoms with Gasteiger partial charge in [0.1, 0.15) is 0 Å². The molecule has 2 bridgehead atoms. The third kappa shape index (κ3) is 3.32. The highest BCUT2D eigenvalue weighted by Gasteiger charge is 2.59. The van der Waals surface area contributed by atoms with Gasteiger partial charge in [-0.05, 0) is 61.4 Å². The zero-order valence-corrected chi connectivity index (χ0v) is 17.6. The van der Waals surface area contributed by atoms with Crippen LogP contribution in [0.25, 0.3) is 0 Å². The molecular formula is C25H25N3O3. The van der Waals surface area contributed by atoms with Gasteiger partial charge in [-0.15, -0.1) is 0 Å². The molecule has 1 heterocycles. The molecule has 4 atom stereocenters. The predicted octanol–water partition coefficient (Wildman–Crippen LogP) is 3.94. The molecular weight excluding hydrogens is 390 g/mol. The van der Waals surface area contributed by atoms with E-state index in [4.69, 9.17) is 0 Å². The number of fused-ring (bicyclic) bond motifs is 5. The summed E-state index contributed by atoms with van der Waals surface area (Å²) >= 11 is 0. The molecule has 0 spiro atoms. The molecule has 3 aliphatic rings. The van der Waals surface area contributed by atoms with Gasteiger partial charge in [0.05, 0.1) is 17.5 Å². The summed E-state index contributed by atoms with van der Waals surface area (Å²) in [6.45, 7) is 4.31. The van der Waals surface area contributed by atoms with E-state index in [-0.39, 0.29) is 41.5 Å². The van der Waals surface area contributed by atoms with E-state index in [0.717, 1.165) is 28.8 Å². The molecule has 1 saturated heterocycles. The van der Waals surface area contributed by atoms with E-state index in [0.29, 0.717) is 12.2 Å². The molecule has 6 nitrogen and oxygen atoms in total. The Bertz CT molecular complexity index is 1080. The first-order chi connectivity index (χ1) is 14.9. The number of carbonyl (C=O) groups is 3. The lowest BCUT2D eigenvalue weighted by Crippen LogP contribution is -2.32. The number of benzene rings is 2. The van der Waals surface area contributed by atoms with Crippen LogP contribution < -0.4 is 15.5 Å². The van der Waals surface area contributed by atoms with Gasteiger partial charge in [0, 0.05) is 12.2 Å². The van der Waals surface area contributed by atoms with E-state index in [9.17, 15) is 14.4 Å². The van der Waals surface area contributed by atoms with Gasteiger partial charge in [0.15, 0.2) is 0 Å². The Balaban J connectivity index is 1.21. The van der Waals surface area contributed by atoms with Crippen molar-refractivity contribution in [1.29, 1.82) is 0 Å². The fourth-order valence-electron chi connectivity index (χ4n) is 5.22. The zero-order chi connectivity index (χ0) is 21.7. The van der Waals surface area contributed by atoms with Crippen LogP contribution in [0.2, 0.25) is 0 Å². The van der Waals surface area contributed by atoms with Crippen molar-refractivity contribution >= 4 is 29.2 Å². The molecule has 4 unspecified atom stereocenters. The van der Waals surface area contributed by atoms with Gasteiger partial charge in [-0.2, -0.15) is 0 Å². The number of rotatable bonds is 4. The fourth-order valence-corrected chi connectivity index (χ4v) is 5.22. The molecule has 31 heavy (non-hydrogen) atoms. The van der Waals surface area contributed by atoms with E-state index in [1.807, 2.05) is 44.2 Å². The summed E-state index contributed by atoms with van der Waals surface area (Å²) in [5.41, 5.74) is 4.42. The fraction of sp³-hybridized carbons (Fsp3) is 0.320. The van der Waals surface area contributed by atoms with E-state index in [1.54, 1.807) is 12.1 Å². The van der Waals surface area contributed by atoms with Crippen LogP contribution in [-0.4, -0.2) is 17.8 Å². The first-order valence-corrected chi connectivity index (χ1v) is 10.7. The van der Waals surface area contributed by atoms with Gasteiger partial charge < -0.3 is 10.6 Å². The molecule has 1 aliphatic heterocycles. The van der Waals surface area contributed by atoms with Gasteiger partial charge in [0.2, 0.25) is 11.8 Å². The van der Waals surface area contributed by atoms with Crippen molar-refractivity contribution in [3.8, 4) is 0 Å². The smallest absolute Gasteiger partial charge is 0.319 e. The van der Waals surface area contributed by atoms with Crippen molar-refractivity contribution in [2.45, 2.75) is 26.8 Å². The molecule has 0 radical (unpaired) electrons. The van der Waals surface area contributed by atoms with Crippen LogP contribution in [0.4, 0.5) is 16.2 Å². The van der Waals surface area contributed by atoms with Crippen molar-refractivity contribution in [3.63, 3.8) is 0 Å². The first-order valence-electron chi connectivity index (χ1n) is 10.7. The summed E-state index contributed by atoms with van der Waals surface area (Å²) < 4.78 is 0. The number of aryl methyl sites for hydroxylation is 2. The highest BCUT2D eigenvalue weighted by atomic mass is 16.2. The molecule has 1 saturated carbocycles. The van der Waals surface area contributed by atoms with Crippen LogP contribution >= 0.6 is 0 Å². The maximum absolute atomic E-state index is 12.9. The maximum Gasteiger partial charge on any atom is 0.319 e. The van der Waals surface area contributed by atoms with Crippen LogP contribution in [0, 0.1) is 37.5 Å². The number of hydrogen-bond donors (Lipinski definition) is 2. The second-order valence-corrected chi connectivity index (χ2v) is 8.80. The Labute approximate surface area is 181 Å². The number of carbonyl (C=O) groups excluding carboxylic acids is 3. The summed E-state index contributed by atoms with van der Waals surface area (Å²) in [7, 11) is 0. The second-order valence-electron chi connectivity index (χ2n) is 8.80. The lowest BCUT2D eigenvalue weighted by Gasteiger charge is -2.17. The minimum absolute atomic E-state index is 0.0782. The number of urea groups is 1. The van der Waals surface area contributed by atoms with E-state index < -0.39 is 0 Å². The van der Waals surface area contributed by atoms with Crippen LogP contribution in [-0.2, 0) is 16.1 Å². The van der Waals surface area contributed by atoms with Gasteiger partial charge >= 0.3 is 6.03 Å². The molecule has 2 N–H and O–H groups in total. The Morgan fingerprint density at radius 2 is 1.61 bits per heavy atom. The van der Waals surface area contributed by atoms with Crippen LogP contribution in [0.1, 0.15) is 23.1 Å². The Hall–Kier alpha value is -3.41. The van der Waals surface area contributed by atoms with Gasteiger partial charge in [-0.3, -0.25) is 14.5 Å². The summed E-state index contributed by atoms with van der Waals surface area (Å²) in [6, 6.07) is 12.8. The summed E-state index contributed by atoms with van der Waals surface area (Å²) in [4.78, 5) is 39.4. The predicted molar refractivity (Wildman–Crippen MR) is 118 cm³/mol. The average Bonchev–Trinajstić information content (AvgIpc) is 3.43. The van der Waals surface area contributed by atoms with E-state index in [2.05, 4.69) is 22.8 Å². The number of imide groups is 1. The van der Waals surface area contributed by atoms with Crippen molar-refractivity contribution in [3.05, 3.63) is 71.3 Å². The maximum atomic E-state index is 12.9. The number of nitrogens with one attached hydrogen (secondary N) is 2. The normalized spacial score (nSPS) is 25.8. The second kappa shape index (κ2) is 7.38. The van der Waals surface area contributed by atoms with Gasteiger partial charge in [-0.25, -0.2) is 4.79 Å². The van der Waals surface area contributed by atoms with Gasteiger partial charge in [0.25, 0.3) is 0 Å². The minimum Gasteiger partial charge on any atom is -0.334 e. The number of allylic oxidation sites excluding steroid dienone is 2. The number of nitrogens with zero attached hydrogens (tertiary/aromatic N) is 1. The molecule has 2 aromatic rings. The Kier molecular flexibility index (Phi) is 4.65. The molecule has 2 fully saturated rings. The van der Waals surface area contributed by atoms with Crippen LogP contribution in [0.5, 0.6) is 0 Å². The summed E-state index contributed by atoms with van der Waals surface area (Å²) in [6.07, 6.45) is 5.12. The largest absolute Gasteiger partial charge is 0.334 e. The highest BCUT2D eigenvalue weighted by Crippen LogP contribution is 2.53. The van der Waals surface area contributed by atoms with Crippen molar-refractivity contribution in [1.82, 2.24) is 5.32 Å². The third-order valence-corrected chi connectivity index (χ3v) is 6.75. The van der Waals surface area contributed by atoms with E-state index in [1.165, 1.54) is 4.90 Å². The van der Waals surface area contributed by atoms with Crippen LogP contribution in [0.15, 0.2) is 54.6 Å². The lowest BCUT2D eigenvalue weighted by atomic mass is 9.85. The Morgan fingerprint density at radius 3 is 2.23 bits per heavy atom. The van der Waals surface area contributed by atoms with E-state index >= 15 is 0 Å². The summed E-state index contributed by atoms with van der Waals surface area (Å²) in [5.74, 6) is -0.141. The topological polar surface area (TPSA) is 78.5 Å². The number of amides is 4. The quantitative estimate of drug-likeness (QED) is 0.587. The number of hydrogen-bond acceptors (Lipinski definition) is 3. The standard InChI is InChI=1S/C25H25N3O3/c1-14-3-10-20(15(2)11-14)27-25(31)26-13-16-4-8-19(9-5-16)28-23(29)21-17-6-7-18(12-17)22(21)24(28)30/h3-11,17-18,21-22H,12-13H2,1-2H3,(H2,26,27,31). The summed E-state index contributed by atoms with van der Waals surface area (Å²) in [5, 5.41) is 5.70. The molecule has 4 amide bonds. The minimum atomic E-state index is -0.281. The van der Waals surface area contributed by atoms with Crippen LogP contribution in [0.3, 0.4) is 0 Å². The molecule has 6 heteroatoms. The molecule has 5 rings (SSSR count). The highest BCUT2D eigenvalue weighted by molar-refractivity contribution is 6.22. The number of anilines is 2. The average molecular weight is 415 g/mol. The first kappa shape index (κ1) is 19.5. The molecule has 2 aliphatic carbocycles. The molecule has 158 valence electrons. The lowest BCUT2D eigenvalue weighted by molar-refractivity contribution is -0.123. The monoisotopic (exact) mass is 415 g/mol. The van der Waals surface area contributed by atoms with Crippen molar-refractivity contribution < 1.29 is 14.4 Å². The van der Waals surface area contributed by atoms with Crippen molar-refractivity contribution in [2.24, 2.45) is 23.7 Å². The zero-order valence-electron chi connectivity index (χ0n) is 17.6. The molecule has 0 aromatic heterocycles. The van der Waals surface area contributed by atoms with Gasteiger partial charge in [-0.1, -0.05) is 42.0 Å². The SMILES string of the molecule is Cc1ccc(NC(=O)NCc2ccc(N3C(=O)C4C5C=CC(C5)C4C3=O)cc2)c(C)c1. The Morgan fingerprint density at radius 1 is 0.968 bits per heavy atom. The van der Waals surface area contributed by atoms with Crippen molar-refractivity contribution in [2.75, 3.05) is 10.2 Å². The third-order valence-electron chi connectivity index (χ3n) is 6.75.